The zero-order chi connectivity index (χ0) is 14.0. The fraction of sp³-hybridized carbons (Fsp3) is 0.462. The average molecular weight is 281 g/mol. The summed E-state index contributed by atoms with van der Waals surface area (Å²) >= 11 is 6.03. The number of ether oxygens (including phenoxy) is 1. The molecule has 0 radical (unpaired) electrons. The Bertz CT molecular complexity index is 574. The summed E-state index contributed by atoms with van der Waals surface area (Å²) in [6.45, 7) is 8.23. The van der Waals surface area contributed by atoms with Crippen LogP contribution in [0.1, 0.15) is 32.2 Å². The Balaban J connectivity index is 2.07. The van der Waals surface area contributed by atoms with Gasteiger partial charge in [-0.1, -0.05) is 17.7 Å². The van der Waals surface area contributed by atoms with Crippen LogP contribution in [-0.4, -0.2) is 20.2 Å². The van der Waals surface area contributed by atoms with Crippen LogP contribution in [0, 0.1) is 6.92 Å². The first-order valence-electron chi connectivity index (χ1n) is 6.05. The third-order valence-corrected chi connectivity index (χ3v) is 3.04. The highest BCUT2D eigenvalue weighted by molar-refractivity contribution is 6.31. The van der Waals surface area contributed by atoms with E-state index in [1.807, 2.05) is 45.9 Å². The number of halogens is 1. The Kier molecular flexibility index (Phi) is 3.75. The normalized spacial score (nSPS) is 11.6. The molecule has 2 aromatic rings. The van der Waals surface area contributed by atoms with Crippen LogP contribution in [0.15, 0.2) is 18.2 Å². The van der Waals surface area contributed by atoms with Gasteiger partial charge in [0.05, 0.1) is 5.54 Å². The number of benzene rings is 1. The minimum absolute atomic E-state index is 0.183. The van der Waals surface area contributed by atoms with Crippen LogP contribution in [0.25, 0.3) is 0 Å². The molecular weight excluding hydrogens is 264 g/mol. The second kappa shape index (κ2) is 5.17. The van der Waals surface area contributed by atoms with Gasteiger partial charge in [-0.05, 0) is 45.0 Å². The fourth-order valence-electron chi connectivity index (χ4n) is 1.47. The van der Waals surface area contributed by atoms with Crippen molar-refractivity contribution in [2.45, 2.75) is 39.8 Å². The van der Waals surface area contributed by atoms with Gasteiger partial charge in [0.1, 0.15) is 5.75 Å². The van der Waals surface area contributed by atoms with Gasteiger partial charge in [0.2, 0.25) is 5.82 Å². The Labute approximate surface area is 117 Å². The summed E-state index contributed by atoms with van der Waals surface area (Å²) in [5.41, 5.74) is 0.726. The van der Waals surface area contributed by atoms with Crippen molar-refractivity contribution in [3.05, 3.63) is 34.6 Å². The predicted molar refractivity (Wildman–Crippen MR) is 73.3 cm³/mol. The van der Waals surface area contributed by atoms with Gasteiger partial charge in [0.25, 0.3) is 0 Å². The van der Waals surface area contributed by atoms with Gasteiger partial charge >= 0.3 is 0 Å². The summed E-state index contributed by atoms with van der Waals surface area (Å²) in [5.74, 6) is 1.29. The van der Waals surface area contributed by atoms with Crippen LogP contribution in [-0.2, 0) is 12.1 Å². The maximum atomic E-state index is 6.03. The molecule has 0 spiro atoms. The van der Waals surface area contributed by atoms with Crippen LogP contribution in [0.5, 0.6) is 5.75 Å². The number of hydrogen-bond donors (Lipinski definition) is 0. The van der Waals surface area contributed by atoms with E-state index in [0.717, 1.165) is 11.3 Å². The number of rotatable bonds is 3. The molecule has 0 saturated carbocycles. The van der Waals surface area contributed by atoms with Crippen molar-refractivity contribution in [3.8, 4) is 5.75 Å². The third-order valence-electron chi connectivity index (χ3n) is 2.63. The lowest BCUT2D eigenvalue weighted by Crippen LogP contribution is -2.24. The predicted octanol–water partition coefficient (Wildman–Crippen LogP) is 2.97. The molecule has 19 heavy (non-hydrogen) atoms. The molecule has 102 valence electrons. The molecule has 0 atom stereocenters. The molecule has 2 rings (SSSR count). The lowest BCUT2D eigenvalue weighted by Gasteiger charge is -2.15. The van der Waals surface area contributed by atoms with Crippen molar-refractivity contribution in [1.29, 1.82) is 0 Å². The van der Waals surface area contributed by atoms with E-state index in [2.05, 4.69) is 15.4 Å². The van der Waals surface area contributed by atoms with E-state index in [9.17, 15) is 0 Å². The van der Waals surface area contributed by atoms with Crippen LogP contribution in [0.3, 0.4) is 0 Å². The number of nitrogens with zero attached hydrogens (tertiary/aromatic N) is 4. The Hall–Kier alpha value is -1.62. The van der Waals surface area contributed by atoms with Gasteiger partial charge in [0, 0.05) is 10.6 Å². The summed E-state index contributed by atoms with van der Waals surface area (Å²) in [6, 6.07) is 5.55. The molecule has 0 aliphatic carbocycles. The van der Waals surface area contributed by atoms with E-state index in [0.29, 0.717) is 10.8 Å². The van der Waals surface area contributed by atoms with Crippen molar-refractivity contribution < 1.29 is 4.74 Å². The van der Waals surface area contributed by atoms with Gasteiger partial charge in [-0.3, -0.25) is 0 Å². The van der Waals surface area contributed by atoms with Gasteiger partial charge in [-0.15, -0.1) is 10.2 Å². The van der Waals surface area contributed by atoms with E-state index < -0.39 is 0 Å². The molecule has 1 aromatic heterocycles. The lowest BCUT2D eigenvalue weighted by molar-refractivity contribution is 0.283. The summed E-state index contributed by atoms with van der Waals surface area (Å²) in [4.78, 5) is 1.58. The molecule has 1 heterocycles. The number of hydrogen-bond acceptors (Lipinski definition) is 4. The van der Waals surface area contributed by atoms with Crippen molar-refractivity contribution in [2.75, 3.05) is 0 Å². The standard InChI is InChI=1S/C13H17ClN4O/c1-9-10(14)6-5-7-11(9)19-8-12-15-17-18(16-12)13(2,3)4/h5-7H,8H2,1-4H3. The molecule has 0 bridgehead atoms. The Morgan fingerprint density at radius 2 is 2.05 bits per heavy atom. The molecule has 0 saturated heterocycles. The second-order valence-electron chi connectivity index (χ2n) is 5.32. The Morgan fingerprint density at radius 3 is 2.68 bits per heavy atom. The molecule has 5 nitrogen and oxygen atoms in total. The highest BCUT2D eigenvalue weighted by atomic mass is 35.5. The average Bonchev–Trinajstić information content (AvgIpc) is 2.79. The van der Waals surface area contributed by atoms with E-state index in [-0.39, 0.29) is 12.1 Å². The quantitative estimate of drug-likeness (QED) is 0.867. The van der Waals surface area contributed by atoms with E-state index in [4.69, 9.17) is 16.3 Å². The molecular formula is C13H17ClN4O. The van der Waals surface area contributed by atoms with Crippen LogP contribution in [0.4, 0.5) is 0 Å². The zero-order valence-electron chi connectivity index (χ0n) is 11.5. The number of tetrazole rings is 1. The molecule has 6 heteroatoms. The second-order valence-corrected chi connectivity index (χ2v) is 5.72. The topological polar surface area (TPSA) is 52.8 Å². The summed E-state index contributed by atoms with van der Waals surface area (Å²) in [7, 11) is 0. The molecule has 0 fully saturated rings. The first kappa shape index (κ1) is 13.8. The van der Waals surface area contributed by atoms with Crippen LogP contribution in [0.2, 0.25) is 5.02 Å². The zero-order valence-corrected chi connectivity index (χ0v) is 12.3. The van der Waals surface area contributed by atoms with Gasteiger partial charge in [-0.2, -0.15) is 4.80 Å². The SMILES string of the molecule is Cc1c(Cl)cccc1OCc1nnn(C(C)(C)C)n1. The van der Waals surface area contributed by atoms with Crippen molar-refractivity contribution in [3.63, 3.8) is 0 Å². The maximum Gasteiger partial charge on any atom is 0.212 e. The summed E-state index contributed by atoms with van der Waals surface area (Å²) in [6.07, 6.45) is 0. The molecule has 0 aliphatic heterocycles. The number of aromatic nitrogens is 4. The van der Waals surface area contributed by atoms with E-state index >= 15 is 0 Å². The molecule has 0 N–H and O–H groups in total. The molecule has 0 amide bonds. The van der Waals surface area contributed by atoms with Crippen LogP contribution < -0.4 is 4.74 Å². The third kappa shape index (κ3) is 3.23. The minimum atomic E-state index is -0.183. The van der Waals surface area contributed by atoms with Gasteiger partial charge in [-0.25, -0.2) is 0 Å². The highest BCUT2D eigenvalue weighted by Gasteiger charge is 2.17. The first-order chi connectivity index (χ1) is 8.88. The monoisotopic (exact) mass is 280 g/mol. The van der Waals surface area contributed by atoms with Gasteiger partial charge < -0.3 is 4.74 Å². The summed E-state index contributed by atoms with van der Waals surface area (Å²) in [5, 5.41) is 13.0. The van der Waals surface area contributed by atoms with Gasteiger partial charge in [0.15, 0.2) is 6.61 Å². The van der Waals surface area contributed by atoms with E-state index in [1.54, 1.807) is 4.80 Å². The molecule has 0 unspecified atom stereocenters. The maximum absolute atomic E-state index is 6.03. The first-order valence-corrected chi connectivity index (χ1v) is 6.43. The highest BCUT2D eigenvalue weighted by Crippen LogP contribution is 2.25. The van der Waals surface area contributed by atoms with Crippen molar-refractivity contribution >= 4 is 11.6 Å². The summed E-state index contributed by atoms with van der Waals surface area (Å²) < 4.78 is 5.67. The largest absolute Gasteiger partial charge is 0.485 e. The smallest absolute Gasteiger partial charge is 0.212 e. The van der Waals surface area contributed by atoms with Crippen molar-refractivity contribution in [1.82, 2.24) is 20.2 Å². The van der Waals surface area contributed by atoms with Crippen molar-refractivity contribution in [2.24, 2.45) is 0 Å². The molecule has 0 aliphatic rings. The fourth-order valence-corrected chi connectivity index (χ4v) is 1.64. The lowest BCUT2D eigenvalue weighted by atomic mass is 10.1. The van der Waals surface area contributed by atoms with E-state index in [1.165, 1.54) is 0 Å². The minimum Gasteiger partial charge on any atom is -0.485 e. The van der Waals surface area contributed by atoms with Crippen LogP contribution >= 0.6 is 11.6 Å². The Morgan fingerprint density at radius 1 is 1.32 bits per heavy atom. The molecule has 1 aromatic carbocycles.